The Morgan fingerprint density at radius 3 is 2.48 bits per heavy atom. The fourth-order valence-corrected chi connectivity index (χ4v) is 2.85. The van der Waals surface area contributed by atoms with Crippen molar-refractivity contribution >= 4 is 35.7 Å². The summed E-state index contributed by atoms with van der Waals surface area (Å²) in [7, 11) is 1.62. The van der Waals surface area contributed by atoms with Crippen molar-refractivity contribution in [3.05, 3.63) is 58.1 Å². The van der Waals surface area contributed by atoms with E-state index in [0.29, 0.717) is 5.96 Å². The van der Waals surface area contributed by atoms with Gasteiger partial charge in [-0.1, -0.05) is 29.8 Å². The number of hydrogen-bond donors (Lipinski definition) is 2. The van der Waals surface area contributed by atoms with Crippen LogP contribution < -0.4 is 11.2 Å². The maximum absolute atomic E-state index is 6.08. The van der Waals surface area contributed by atoms with Crippen LogP contribution in [0.2, 0.25) is 5.02 Å². The second kappa shape index (κ2) is 7.02. The molecule has 0 saturated heterocycles. The second-order valence-electron chi connectivity index (χ2n) is 5.27. The molecule has 4 nitrogen and oxygen atoms in total. The summed E-state index contributed by atoms with van der Waals surface area (Å²) in [5.41, 5.74) is 15.3. The SMILES string of the molecule is CN=C(N)N/N=C(\C)c1ccc2c(c1)Cc1cc(Cl)ccc1-2.Cl. The van der Waals surface area contributed by atoms with Crippen molar-refractivity contribution in [3.8, 4) is 11.1 Å². The molecule has 0 heterocycles. The molecule has 120 valence electrons. The van der Waals surface area contributed by atoms with Crippen molar-refractivity contribution in [2.75, 3.05) is 7.05 Å². The van der Waals surface area contributed by atoms with E-state index in [0.717, 1.165) is 22.7 Å². The molecule has 2 aromatic carbocycles. The zero-order valence-electron chi connectivity index (χ0n) is 12.9. The van der Waals surface area contributed by atoms with Gasteiger partial charge in [0, 0.05) is 12.1 Å². The van der Waals surface area contributed by atoms with Crippen molar-refractivity contribution < 1.29 is 0 Å². The number of nitrogens with zero attached hydrogens (tertiary/aromatic N) is 2. The highest BCUT2D eigenvalue weighted by atomic mass is 35.5. The highest BCUT2D eigenvalue weighted by Gasteiger charge is 2.19. The Kier molecular flexibility index (Phi) is 5.29. The first kappa shape index (κ1) is 17.3. The van der Waals surface area contributed by atoms with Gasteiger partial charge in [-0.05, 0) is 59.4 Å². The summed E-state index contributed by atoms with van der Waals surface area (Å²) in [5, 5.41) is 5.02. The largest absolute Gasteiger partial charge is 0.369 e. The molecule has 3 rings (SSSR count). The van der Waals surface area contributed by atoms with Gasteiger partial charge in [0.1, 0.15) is 0 Å². The Hall–Kier alpha value is -2.04. The summed E-state index contributed by atoms with van der Waals surface area (Å²) in [6.45, 7) is 1.94. The average Bonchev–Trinajstić information content (AvgIpc) is 2.88. The third kappa shape index (κ3) is 3.49. The number of fused-ring (bicyclic) bond motifs is 3. The highest BCUT2D eigenvalue weighted by molar-refractivity contribution is 6.30. The van der Waals surface area contributed by atoms with Gasteiger partial charge < -0.3 is 5.73 Å². The van der Waals surface area contributed by atoms with Gasteiger partial charge in [0.15, 0.2) is 0 Å². The summed E-state index contributed by atoms with van der Waals surface area (Å²) >= 11 is 6.08. The third-order valence-electron chi connectivity index (χ3n) is 3.84. The van der Waals surface area contributed by atoms with Crippen molar-refractivity contribution in [1.29, 1.82) is 0 Å². The third-order valence-corrected chi connectivity index (χ3v) is 4.08. The van der Waals surface area contributed by atoms with Crippen LogP contribution in [-0.4, -0.2) is 18.7 Å². The van der Waals surface area contributed by atoms with E-state index in [1.54, 1.807) is 7.05 Å². The molecule has 1 aliphatic carbocycles. The number of hydrogen-bond acceptors (Lipinski definition) is 2. The van der Waals surface area contributed by atoms with Crippen LogP contribution in [0.25, 0.3) is 11.1 Å². The van der Waals surface area contributed by atoms with Crippen LogP contribution in [0.15, 0.2) is 46.5 Å². The Morgan fingerprint density at radius 2 is 1.78 bits per heavy atom. The summed E-state index contributed by atoms with van der Waals surface area (Å²) < 4.78 is 0. The smallest absolute Gasteiger partial charge is 0.209 e. The predicted octanol–water partition coefficient (Wildman–Crippen LogP) is 3.59. The predicted molar refractivity (Wildman–Crippen MR) is 99.8 cm³/mol. The number of aliphatic imine (C=N–C) groups is 1. The summed E-state index contributed by atoms with van der Waals surface area (Å²) in [6.07, 6.45) is 0.901. The summed E-state index contributed by atoms with van der Waals surface area (Å²) in [4.78, 5) is 3.81. The number of nitrogens with two attached hydrogens (primary N) is 1. The maximum Gasteiger partial charge on any atom is 0.209 e. The normalized spacial score (nSPS) is 13.2. The minimum absolute atomic E-state index is 0. The molecule has 2 aromatic rings. The lowest BCUT2D eigenvalue weighted by Gasteiger charge is -2.06. The first-order valence-electron chi connectivity index (χ1n) is 7.03. The monoisotopic (exact) mass is 348 g/mol. The fourth-order valence-electron chi connectivity index (χ4n) is 2.66. The van der Waals surface area contributed by atoms with E-state index >= 15 is 0 Å². The first-order chi connectivity index (χ1) is 10.6. The van der Waals surface area contributed by atoms with E-state index < -0.39 is 0 Å². The van der Waals surface area contributed by atoms with Crippen molar-refractivity contribution in [2.45, 2.75) is 13.3 Å². The van der Waals surface area contributed by atoms with Gasteiger partial charge >= 0.3 is 0 Å². The zero-order valence-corrected chi connectivity index (χ0v) is 14.5. The maximum atomic E-state index is 6.08. The van der Waals surface area contributed by atoms with E-state index in [2.05, 4.69) is 39.8 Å². The van der Waals surface area contributed by atoms with Crippen LogP contribution in [0.4, 0.5) is 0 Å². The van der Waals surface area contributed by atoms with Gasteiger partial charge in [-0.2, -0.15) is 5.10 Å². The van der Waals surface area contributed by atoms with Crippen molar-refractivity contribution in [1.82, 2.24) is 5.43 Å². The molecular weight excluding hydrogens is 331 g/mol. The highest BCUT2D eigenvalue weighted by Crippen LogP contribution is 2.38. The van der Waals surface area contributed by atoms with Gasteiger partial charge in [-0.15, -0.1) is 12.4 Å². The van der Waals surface area contributed by atoms with Gasteiger partial charge in [-0.3, -0.25) is 4.99 Å². The number of nitrogens with one attached hydrogen (secondary N) is 1. The van der Waals surface area contributed by atoms with E-state index in [9.17, 15) is 0 Å². The molecule has 0 saturated carbocycles. The van der Waals surface area contributed by atoms with Crippen LogP contribution in [-0.2, 0) is 6.42 Å². The zero-order chi connectivity index (χ0) is 15.7. The topological polar surface area (TPSA) is 62.8 Å². The Morgan fingerprint density at radius 1 is 1.13 bits per heavy atom. The second-order valence-corrected chi connectivity index (χ2v) is 5.70. The van der Waals surface area contributed by atoms with Crippen molar-refractivity contribution in [3.63, 3.8) is 0 Å². The molecule has 23 heavy (non-hydrogen) atoms. The number of hydrazone groups is 1. The van der Waals surface area contributed by atoms with Crippen LogP contribution in [0.1, 0.15) is 23.6 Å². The lowest BCUT2D eigenvalue weighted by molar-refractivity contribution is 0.997. The quantitative estimate of drug-likeness (QED) is 0.422. The molecule has 0 aromatic heterocycles. The molecule has 0 fully saturated rings. The molecule has 6 heteroatoms. The molecule has 0 atom stereocenters. The van der Waals surface area contributed by atoms with E-state index in [1.807, 2.05) is 19.1 Å². The first-order valence-corrected chi connectivity index (χ1v) is 7.41. The molecule has 0 unspecified atom stereocenters. The molecular formula is C17H18Cl2N4. The van der Waals surface area contributed by atoms with E-state index in [4.69, 9.17) is 17.3 Å². The molecule has 0 amide bonds. The molecule has 0 bridgehead atoms. The molecule has 0 aliphatic heterocycles. The minimum atomic E-state index is 0. The Bertz CT molecular complexity index is 797. The summed E-state index contributed by atoms with van der Waals surface area (Å²) in [6, 6.07) is 12.4. The van der Waals surface area contributed by atoms with E-state index in [-0.39, 0.29) is 12.4 Å². The lowest BCUT2D eigenvalue weighted by atomic mass is 10.0. The molecule has 3 N–H and O–H groups in total. The van der Waals surface area contributed by atoms with Crippen LogP contribution >= 0.6 is 24.0 Å². The Balaban J connectivity index is 0.00000192. The van der Waals surface area contributed by atoms with Gasteiger partial charge in [0.25, 0.3) is 0 Å². The van der Waals surface area contributed by atoms with Gasteiger partial charge in [-0.25, -0.2) is 5.43 Å². The van der Waals surface area contributed by atoms with Crippen LogP contribution in [0.5, 0.6) is 0 Å². The van der Waals surface area contributed by atoms with Gasteiger partial charge in [0.05, 0.1) is 5.71 Å². The van der Waals surface area contributed by atoms with E-state index in [1.165, 1.54) is 22.3 Å². The number of halogens is 2. The van der Waals surface area contributed by atoms with Crippen LogP contribution in [0.3, 0.4) is 0 Å². The fraction of sp³-hybridized carbons (Fsp3) is 0.176. The molecule has 1 aliphatic rings. The average molecular weight is 349 g/mol. The number of benzene rings is 2. The van der Waals surface area contributed by atoms with Crippen LogP contribution in [0, 0.1) is 0 Å². The number of guanidine groups is 1. The minimum Gasteiger partial charge on any atom is -0.369 e. The standard InChI is InChI=1S/C17H17ClN4.ClH/c1-10(21-22-17(19)20-2)11-3-5-15-12(7-11)8-13-9-14(18)4-6-16(13)15;/h3-7,9H,8H2,1-2H3,(H3,19,20,22);1H/b21-10+;. The molecule has 0 radical (unpaired) electrons. The molecule has 0 spiro atoms. The Labute approximate surface area is 146 Å². The summed E-state index contributed by atoms with van der Waals surface area (Å²) in [5.74, 6) is 0.294. The van der Waals surface area contributed by atoms with Gasteiger partial charge in [0.2, 0.25) is 5.96 Å². The van der Waals surface area contributed by atoms with Crippen molar-refractivity contribution in [2.24, 2.45) is 15.8 Å². The number of rotatable bonds is 2. The lowest BCUT2D eigenvalue weighted by Crippen LogP contribution is -2.27.